The maximum atomic E-state index is 12.3. The van der Waals surface area contributed by atoms with Gasteiger partial charge in [-0.15, -0.1) is 0 Å². The number of pyridine rings is 1. The molecule has 0 atom stereocenters. The van der Waals surface area contributed by atoms with Crippen LogP contribution >= 0.6 is 0 Å². The van der Waals surface area contributed by atoms with Crippen LogP contribution in [0.2, 0.25) is 0 Å². The van der Waals surface area contributed by atoms with Crippen molar-refractivity contribution in [3.63, 3.8) is 0 Å². The standard InChI is InChI=1S/C8H8F2N2O3/c9-7(10)4-2-12-8(11)3(6(4)15)1-5(13)14/h2,7H,1H2,(H,13,14)(H3,11,12,15). The number of aromatic nitrogens is 1. The fourth-order valence-electron chi connectivity index (χ4n) is 1.09. The van der Waals surface area contributed by atoms with Gasteiger partial charge in [0, 0.05) is 6.20 Å². The normalized spacial score (nSPS) is 10.6. The highest BCUT2D eigenvalue weighted by atomic mass is 19.3. The van der Waals surface area contributed by atoms with E-state index in [0.717, 1.165) is 6.20 Å². The van der Waals surface area contributed by atoms with E-state index in [1.807, 2.05) is 0 Å². The summed E-state index contributed by atoms with van der Waals surface area (Å²) in [4.78, 5) is 23.9. The second-order valence-corrected chi connectivity index (χ2v) is 2.84. The van der Waals surface area contributed by atoms with Crippen molar-refractivity contribution < 1.29 is 18.7 Å². The molecule has 5 nitrogen and oxygen atoms in total. The number of halogens is 2. The van der Waals surface area contributed by atoms with Crippen molar-refractivity contribution in [3.8, 4) is 0 Å². The second kappa shape index (κ2) is 4.07. The van der Waals surface area contributed by atoms with Gasteiger partial charge in [0.1, 0.15) is 5.82 Å². The number of carboxylic acids is 1. The van der Waals surface area contributed by atoms with Crippen LogP contribution in [0.1, 0.15) is 17.6 Å². The fourth-order valence-corrected chi connectivity index (χ4v) is 1.09. The van der Waals surface area contributed by atoms with E-state index < -0.39 is 29.8 Å². The quantitative estimate of drug-likeness (QED) is 0.689. The lowest BCUT2D eigenvalue weighted by molar-refractivity contribution is -0.136. The van der Waals surface area contributed by atoms with Gasteiger partial charge in [0.2, 0.25) is 0 Å². The van der Waals surface area contributed by atoms with Gasteiger partial charge < -0.3 is 15.8 Å². The molecule has 4 N–H and O–H groups in total. The monoisotopic (exact) mass is 218 g/mol. The van der Waals surface area contributed by atoms with Crippen LogP contribution in [0.15, 0.2) is 11.0 Å². The van der Waals surface area contributed by atoms with Crippen molar-refractivity contribution in [1.82, 2.24) is 4.98 Å². The van der Waals surface area contributed by atoms with E-state index in [1.54, 1.807) is 0 Å². The number of H-pyrrole nitrogens is 1. The summed E-state index contributed by atoms with van der Waals surface area (Å²) in [6.07, 6.45) is -2.85. The molecule has 1 rings (SSSR count). The lowest BCUT2D eigenvalue weighted by Crippen LogP contribution is -2.21. The van der Waals surface area contributed by atoms with Crippen molar-refractivity contribution >= 4 is 11.8 Å². The molecule has 0 fully saturated rings. The molecule has 82 valence electrons. The highest BCUT2D eigenvalue weighted by Crippen LogP contribution is 2.16. The van der Waals surface area contributed by atoms with Crippen molar-refractivity contribution in [2.24, 2.45) is 0 Å². The first kappa shape index (κ1) is 11.2. The van der Waals surface area contributed by atoms with E-state index in [0.29, 0.717) is 0 Å². The molecule has 0 amide bonds. The highest BCUT2D eigenvalue weighted by Gasteiger charge is 2.18. The number of rotatable bonds is 3. The molecular formula is C8H8F2N2O3. The molecular weight excluding hydrogens is 210 g/mol. The van der Waals surface area contributed by atoms with Crippen LogP contribution in [0.4, 0.5) is 14.6 Å². The van der Waals surface area contributed by atoms with Crippen LogP contribution in [0.25, 0.3) is 0 Å². The van der Waals surface area contributed by atoms with Gasteiger partial charge in [-0.2, -0.15) is 0 Å². The van der Waals surface area contributed by atoms with Crippen molar-refractivity contribution in [2.75, 3.05) is 5.73 Å². The largest absolute Gasteiger partial charge is 0.481 e. The summed E-state index contributed by atoms with van der Waals surface area (Å²) in [5.74, 6) is -1.51. The molecule has 7 heteroatoms. The SMILES string of the molecule is Nc1[nH]cc(C(F)F)c(=O)c1CC(=O)O. The molecule has 1 aromatic heterocycles. The van der Waals surface area contributed by atoms with Gasteiger partial charge in [-0.05, 0) is 0 Å². The molecule has 0 bridgehead atoms. The van der Waals surface area contributed by atoms with Crippen molar-refractivity contribution in [3.05, 3.63) is 27.5 Å². The Balaban J connectivity index is 3.30. The predicted octanol–water partition coefficient (Wildman–Crippen LogP) is 0.522. The number of hydrogen-bond acceptors (Lipinski definition) is 3. The first-order chi connectivity index (χ1) is 6.93. The molecule has 0 spiro atoms. The number of nitrogen functional groups attached to an aromatic ring is 1. The summed E-state index contributed by atoms with van der Waals surface area (Å²) in [6.45, 7) is 0. The predicted molar refractivity (Wildman–Crippen MR) is 47.8 cm³/mol. The molecule has 0 aliphatic rings. The topological polar surface area (TPSA) is 96.2 Å². The highest BCUT2D eigenvalue weighted by molar-refractivity contribution is 5.72. The minimum absolute atomic E-state index is 0.202. The number of carbonyl (C=O) groups is 1. The van der Waals surface area contributed by atoms with Gasteiger partial charge in [0.15, 0.2) is 5.43 Å². The average molecular weight is 218 g/mol. The zero-order valence-electron chi connectivity index (χ0n) is 7.46. The Bertz CT molecular complexity index is 442. The Morgan fingerprint density at radius 3 is 2.67 bits per heavy atom. The zero-order chi connectivity index (χ0) is 11.6. The van der Waals surface area contributed by atoms with Crippen LogP contribution in [-0.2, 0) is 11.2 Å². The van der Waals surface area contributed by atoms with Crippen molar-refractivity contribution in [2.45, 2.75) is 12.8 Å². The molecule has 0 aromatic carbocycles. The van der Waals surface area contributed by atoms with E-state index in [9.17, 15) is 18.4 Å². The molecule has 0 aliphatic heterocycles. The number of anilines is 1. The number of hydrogen-bond donors (Lipinski definition) is 3. The van der Waals surface area contributed by atoms with Gasteiger partial charge in [0.05, 0.1) is 17.5 Å². The van der Waals surface area contributed by atoms with E-state index in [2.05, 4.69) is 4.98 Å². The van der Waals surface area contributed by atoms with Crippen LogP contribution in [0.5, 0.6) is 0 Å². The van der Waals surface area contributed by atoms with Gasteiger partial charge in [-0.25, -0.2) is 8.78 Å². The second-order valence-electron chi connectivity index (χ2n) is 2.84. The smallest absolute Gasteiger partial charge is 0.308 e. The van der Waals surface area contributed by atoms with E-state index in [-0.39, 0.29) is 11.4 Å². The summed E-state index contributed by atoms with van der Waals surface area (Å²) >= 11 is 0. The van der Waals surface area contributed by atoms with Crippen LogP contribution in [0, 0.1) is 0 Å². The van der Waals surface area contributed by atoms with Crippen molar-refractivity contribution in [1.29, 1.82) is 0 Å². The molecule has 0 aliphatic carbocycles. The number of aliphatic carboxylic acids is 1. The average Bonchev–Trinajstić information content (AvgIpc) is 2.11. The summed E-state index contributed by atoms with van der Waals surface area (Å²) in [6, 6.07) is 0. The molecule has 1 heterocycles. The number of alkyl halides is 2. The molecule has 1 aromatic rings. The number of carboxylic acid groups (broad SMARTS) is 1. The lowest BCUT2D eigenvalue weighted by atomic mass is 10.1. The van der Waals surface area contributed by atoms with Crippen LogP contribution in [-0.4, -0.2) is 16.1 Å². The van der Waals surface area contributed by atoms with Gasteiger partial charge >= 0.3 is 5.97 Å². The van der Waals surface area contributed by atoms with Crippen LogP contribution < -0.4 is 11.2 Å². The minimum Gasteiger partial charge on any atom is -0.481 e. The summed E-state index contributed by atoms with van der Waals surface area (Å²) in [5.41, 5.74) is 3.13. The third-order valence-corrected chi connectivity index (χ3v) is 1.81. The van der Waals surface area contributed by atoms with E-state index in [1.165, 1.54) is 0 Å². The zero-order valence-corrected chi connectivity index (χ0v) is 7.46. The number of nitrogens with two attached hydrogens (primary N) is 1. The van der Waals surface area contributed by atoms with Gasteiger partial charge in [-0.3, -0.25) is 9.59 Å². The molecule has 15 heavy (non-hydrogen) atoms. The maximum absolute atomic E-state index is 12.3. The Hall–Kier alpha value is -1.92. The van der Waals surface area contributed by atoms with E-state index >= 15 is 0 Å². The maximum Gasteiger partial charge on any atom is 0.308 e. The molecule has 0 unspecified atom stereocenters. The number of aromatic amines is 1. The Labute approximate surface area is 82.5 Å². The van der Waals surface area contributed by atoms with E-state index in [4.69, 9.17) is 10.8 Å². The summed E-state index contributed by atoms with van der Waals surface area (Å²) in [7, 11) is 0. The number of nitrogens with one attached hydrogen (secondary N) is 1. The first-order valence-corrected chi connectivity index (χ1v) is 3.93. The lowest BCUT2D eigenvalue weighted by Gasteiger charge is -2.05. The summed E-state index contributed by atoms with van der Waals surface area (Å²) < 4.78 is 24.5. The van der Waals surface area contributed by atoms with Gasteiger partial charge in [0.25, 0.3) is 6.43 Å². The Kier molecular flexibility index (Phi) is 3.03. The molecule has 0 saturated heterocycles. The molecule has 0 radical (unpaired) electrons. The summed E-state index contributed by atoms with van der Waals surface area (Å²) in [5, 5.41) is 8.45. The minimum atomic E-state index is -2.96. The Morgan fingerprint density at radius 1 is 1.60 bits per heavy atom. The first-order valence-electron chi connectivity index (χ1n) is 3.93. The fraction of sp³-hybridized carbons (Fsp3) is 0.250. The molecule has 0 saturated carbocycles. The van der Waals surface area contributed by atoms with Gasteiger partial charge in [-0.1, -0.05) is 0 Å². The Morgan fingerprint density at radius 2 is 2.20 bits per heavy atom. The third kappa shape index (κ3) is 2.30. The van der Waals surface area contributed by atoms with Crippen LogP contribution in [0.3, 0.4) is 0 Å². The third-order valence-electron chi connectivity index (χ3n) is 1.81.